The molecule has 1 aliphatic heterocycles. The molecule has 296 valence electrons. The molecule has 3 saturated carbocycles. The van der Waals surface area contributed by atoms with Crippen LogP contribution in [0.3, 0.4) is 0 Å². The van der Waals surface area contributed by atoms with Crippen molar-refractivity contribution in [3.8, 4) is 16.3 Å². The van der Waals surface area contributed by atoms with Crippen molar-refractivity contribution < 1.29 is 41.9 Å². The number of ketones is 1. The summed E-state index contributed by atoms with van der Waals surface area (Å²) < 4.78 is 39.9. The summed E-state index contributed by atoms with van der Waals surface area (Å²) in [6, 6.07) is 10.7. The van der Waals surface area contributed by atoms with Gasteiger partial charge in [-0.3, -0.25) is 28.7 Å². The van der Waals surface area contributed by atoms with Crippen molar-refractivity contribution in [2.75, 3.05) is 13.1 Å². The average molecular weight is 803 g/mol. The lowest BCUT2D eigenvalue weighted by Crippen LogP contribution is -2.48. The summed E-state index contributed by atoms with van der Waals surface area (Å²) in [7, 11) is -3.89. The maximum Gasteiger partial charge on any atom is 0.306 e. The van der Waals surface area contributed by atoms with E-state index in [1.807, 2.05) is 41.8 Å². The number of ether oxygens (including phenoxy) is 2. The first kappa shape index (κ1) is 39.3. The zero-order valence-electron chi connectivity index (χ0n) is 31.0. The van der Waals surface area contributed by atoms with Crippen LogP contribution in [0.15, 0.2) is 73.3 Å². The highest BCUT2D eigenvalue weighted by atomic mass is 32.2. The third-order valence-electron chi connectivity index (χ3n) is 11.4. The van der Waals surface area contributed by atoms with E-state index >= 15 is 0 Å². The normalized spacial score (nSPS) is 23.9. The predicted molar refractivity (Wildman–Crippen MR) is 210 cm³/mol. The first-order chi connectivity index (χ1) is 26.9. The van der Waals surface area contributed by atoms with E-state index < -0.39 is 74.1 Å². The second-order valence-corrected chi connectivity index (χ2v) is 18.2. The molecule has 3 amide bonds. The van der Waals surface area contributed by atoms with Crippen LogP contribution >= 0.6 is 11.3 Å². The smallest absolute Gasteiger partial charge is 0.306 e. The van der Waals surface area contributed by atoms with Gasteiger partial charge in [-0.25, -0.2) is 13.4 Å². The van der Waals surface area contributed by atoms with Crippen molar-refractivity contribution in [3.63, 3.8) is 0 Å². The molecule has 13 nitrogen and oxygen atoms in total. The van der Waals surface area contributed by atoms with Gasteiger partial charge >= 0.3 is 5.97 Å². The molecule has 2 N–H and O–H groups in total. The number of allylic oxidation sites excluding steroid dienone is 1. The van der Waals surface area contributed by atoms with Crippen LogP contribution in [0.25, 0.3) is 21.2 Å². The number of aromatic nitrogens is 1. The van der Waals surface area contributed by atoms with Gasteiger partial charge in [0.1, 0.15) is 12.2 Å². The largest absolute Gasteiger partial charge is 0.472 e. The monoisotopic (exact) mass is 802 g/mol. The molecule has 0 unspecified atom stereocenters. The Morgan fingerprint density at radius 3 is 2.52 bits per heavy atom. The van der Waals surface area contributed by atoms with Crippen molar-refractivity contribution in [2.45, 2.75) is 87.7 Å². The Hall–Kier alpha value is -4.89. The van der Waals surface area contributed by atoms with Gasteiger partial charge in [0.15, 0.2) is 5.78 Å². The average Bonchev–Trinajstić information content (AvgIpc) is 3.94. The number of rotatable bonds is 17. The van der Waals surface area contributed by atoms with E-state index in [0.29, 0.717) is 18.7 Å². The molecule has 56 heavy (non-hydrogen) atoms. The standard InChI is InChI=1S/C41H46N4O9S2/c1-3-28-21-41(28,40(50)44-56(51,52)31-13-14-31)22-34(46)33-20-30(54-38-32-18-26(35-10-7-17-55-35)12-11-25(32)15-16-42-38)24-45(33)39(49)27(23-43-36(47)4-2)19-37(48)53-29-8-5-6-9-29/h3-4,7,10-12,15-18,27-31,33H,1-2,5-6,8-9,13-14,19-24H2,(H,43,47)(H,44,50)/t27-,28+,30+,33-,41+/m0/s1. The summed E-state index contributed by atoms with van der Waals surface area (Å²) in [5.74, 6) is -4.12. The second-order valence-electron chi connectivity index (χ2n) is 15.3. The number of likely N-dealkylation sites (tertiary alicyclic amines) is 1. The van der Waals surface area contributed by atoms with Gasteiger partial charge in [-0.05, 0) is 91.5 Å². The van der Waals surface area contributed by atoms with Crippen molar-refractivity contribution in [1.29, 1.82) is 0 Å². The van der Waals surface area contributed by atoms with Crippen LogP contribution < -0.4 is 14.8 Å². The molecule has 2 aromatic heterocycles. The van der Waals surface area contributed by atoms with Gasteiger partial charge in [0.25, 0.3) is 0 Å². The second kappa shape index (κ2) is 16.3. The van der Waals surface area contributed by atoms with Gasteiger partial charge in [0.05, 0.1) is 35.6 Å². The van der Waals surface area contributed by atoms with E-state index in [0.717, 1.165) is 53.0 Å². The number of benzene rings is 1. The van der Waals surface area contributed by atoms with E-state index in [1.165, 1.54) is 4.90 Å². The molecule has 1 aromatic carbocycles. The van der Waals surface area contributed by atoms with Crippen LogP contribution in [0.4, 0.5) is 0 Å². The Balaban J connectivity index is 1.17. The number of amides is 3. The number of carbonyl (C=O) groups excluding carboxylic acids is 5. The minimum atomic E-state index is -3.89. The Bertz CT molecular complexity index is 2150. The van der Waals surface area contributed by atoms with Gasteiger partial charge < -0.3 is 19.7 Å². The Morgan fingerprint density at radius 2 is 1.84 bits per heavy atom. The lowest BCUT2D eigenvalue weighted by molar-refractivity contribution is -0.154. The molecule has 0 spiro atoms. The highest BCUT2D eigenvalue weighted by Crippen LogP contribution is 2.57. The number of nitrogens with one attached hydrogen (secondary N) is 2. The number of esters is 1. The highest BCUT2D eigenvalue weighted by molar-refractivity contribution is 7.90. The number of pyridine rings is 1. The van der Waals surface area contributed by atoms with E-state index in [-0.39, 0.29) is 44.9 Å². The van der Waals surface area contributed by atoms with Gasteiger partial charge in [0, 0.05) is 35.8 Å². The molecule has 4 fully saturated rings. The summed E-state index contributed by atoms with van der Waals surface area (Å²) in [5.41, 5.74) is -0.365. The van der Waals surface area contributed by atoms with E-state index in [9.17, 15) is 32.4 Å². The number of Topliss-reactive ketones (excluding diaryl/α,β-unsaturated/α-hetero) is 1. The molecule has 7 rings (SSSR count). The number of hydrogen-bond acceptors (Lipinski definition) is 11. The summed E-state index contributed by atoms with van der Waals surface area (Å²) >= 11 is 1.60. The van der Waals surface area contributed by atoms with Crippen molar-refractivity contribution >= 4 is 61.6 Å². The molecule has 15 heteroatoms. The topological polar surface area (TPSA) is 178 Å². The van der Waals surface area contributed by atoms with Crippen molar-refractivity contribution in [3.05, 3.63) is 73.3 Å². The number of sulfonamides is 1. The van der Waals surface area contributed by atoms with Gasteiger partial charge in [0.2, 0.25) is 33.6 Å². The number of nitrogens with zero attached hydrogens (tertiary/aromatic N) is 2. The van der Waals surface area contributed by atoms with Crippen LogP contribution in [-0.2, 0) is 38.7 Å². The van der Waals surface area contributed by atoms with Crippen molar-refractivity contribution in [1.82, 2.24) is 19.9 Å². The Morgan fingerprint density at radius 1 is 1.05 bits per heavy atom. The van der Waals surface area contributed by atoms with E-state index in [1.54, 1.807) is 23.6 Å². The number of carbonyl (C=O) groups is 5. The molecular formula is C41H46N4O9S2. The molecule has 3 heterocycles. The van der Waals surface area contributed by atoms with Crippen LogP contribution in [0.5, 0.6) is 5.88 Å². The molecule has 4 aliphatic rings. The fraction of sp³-hybridized carbons (Fsp3) is 0.463. The Labute approximate surface area is 330 Å². The van der Waals surface area contributed by atoms with Crippen molar-refractivity contribution in [2.24, 2.45) is 17.3 Å². The third kappa shape index (κ3) is 8.58. The van der Waals surface area contributed by atoms with Crippen LogP contribution in [0.2, 0.25) is 0 Å². The highest BCUT2D eigenvalue weighted by Gasteiger charge is 2.61. The zero-order chi connectivity index (χ0) is 39.6. The van der Waals surface area contributed by atoms with Crippen LogP contribution in [0.1, 0.15) is 64.2 Å². The molecule has 3 aromatic rings. The summed E-state index contributed by atoms with van der Waals surface area (Å²) in [4.78, 5) is 75.0. The minimum Gasteiger partial charge on any atom is -0.472 e. The van der Waals surface area contributed by atoms with Crippen LogP contribution in [-0.4, -0.2) is 84.4 Å². The van der Waals surface area contributed by atoms with E-state index in [2.05, 4.69) is 28.2 Å². The first-order valence-corrected chi connectivity index (χ1v) is 21.5. The fourth-order valence-electron chi connectivity index (χ4n) is 7.95. The third-order valence-corrected chi connectivity index (χ3v) is 14.1. The maximum atomic E-state index is 14.6. The molecule has 0 bridgehead atoms. The van der Waals surface area contributed by atoms with Gasteiger partial charge in [-0.2, -0.15) is 0 Å². The number of thiophene rings is 1. The Kier molecular flexibility index (Phi) is 11.5. The first-order valence-electron chi connectivity index (χ1n) is 19.1. The SMILES string of the molecule is C=CC(=O)NC[C@H](CC(=O)OC1CCCC1)C(=O)N1C[C@H](Oc2nccc3ccc(-c4cccs4)cc23)C[C@H]1C(=O)C[C@]1(C(=O)NS(=O)(=O)C2CC2)C[C@H]1C=C. The maximum absolute atomic E-state index is 14.6. The minimum absolute atomic E-state index is 0.0440. The molecule has 5 atom stereocenters. The lowest BCUT2D eigenvalue weighted by atomic mass is 9.91. The summed E-state index contributed by atoms with van der Waals surface area (Å²) in [6.45, 7) is 7.02. The van der Waals surface area contributed by atoms with Gasteiger partial charge in [-0.15, -0.1) is 17.9 Å². The van der Waals surface area contributed by atoms with Gasteiger partial charge in [-0.1, -0.05) is 30.9 Å². The molecule has 0 radical (unpaired) electrons. The lowest BCUT2D eigenvalue weighted by Gasteiger charge is -2.29. The van der Waals surface area contributed by atoms with Crippen LogP contribution in [0, 0.1) is 17.3 Å². The fourth-order valence-corrected chi connectivity index (χ4v) is 10.1. The number of hydrogen-bond donors (Lipinski definition) is 2. The zero-order valence-corrected chi connectivity index (χ0v) is 32.7. The molecule has 1 saturated heterocycles. The number of fused-ring (bicyclic) bond motifs is 1. The van der Waals surface area contributed by atoms with E-state index in [4.69, 9.17) is 9.47 Å². The summed E-state index contributed by atoms with van der Waals surface area (Å²) in [5, 5.41) is 5.60. The molecular weight excluding hydrogens is 757 g/mol. The molecule has 3 aliphatic carbocycles. The quantitative estimate of drug-likeness (QED) is 0.109. The summed E-state index contributed by atoms with van der Waals surface area (Å²) in [6.07, 6.45) is 7.13. The predicted octanol–water partition coefficient (Wildman–Crippen LogP) is 4.87.